The van der Waals surface area contributed by atoms with Gasteiger partial charge in [-0.3, -0.25) is 4.79 Å². The molecule has 4 rings (SSSR count). The normalized spacial score (nSPS) is 15.9. The highest BCUT2D eigenvalue weighted by Gasteiger charge is 2.22. The van der Waals surface area contributed by atoms with Gasteiger partial charge in [-0.1, -0.05) is 18.5 Å². The molecule has 0 bridgehead atoms. The van der Waals surface area contributed by atoms with Crippen LogP contribution in [0, 0.1) is 12.7 Å². The molecule has 0 saturated carbocycles. The average Bonchev–Trinajstić information content (AvgIpc) is 2.89. The monoisotopic (exact) mass is 516 g/mol. The van der Waals surface area contributed by atoms with Gasteiger partial charge < -0.3 is 24.0 Å². The molecule has 0 radical (unpaired) electrons. The van der Waals surface area contributed by atoms with Gasteiger partial charge in [0.25, 0.3) is 0 Å². The maximum absolute atomic E-state index is 15.2. The first kappa shape index (κ1) is 26.6. The second-order valence-electron chi connectivity index (χ2n) is 9.41. The van der Waals surface area contributed by atoms with E-state index in [0.717, 1.165) is 35.4 Å². The number of pyridine rings is 1. The van der Waals surface area contributed by atoms with Gasteiger partial charge >= 0.3 is 0 Å². The van der Waals surface area contributed by atoms with E-state index in [-0.39, 0.29) is 29.2 Å². The lowest BCUT2D eigenvalue weighted by atomic mass is 9.94. The largest absolute Gasteiger partial charge is 0.394 e. The molecule has 0 amide bonds. The SMILES string of the molecule is CCc1cc2c(cc1Cc1cc(N3CCOCC3)cc(Cl)c1F)c(=O)c(C)cn2[C@H](CO)C(C)OC. The van der Waals surface area contributed by atoms with E-state index < -0.39 is 5.82 Å². The number of aryl methyl sites for hydroxylation is 2. The van der Waals surface area contributed by atoms with Crippen molar-refractivity contribution < 1.29 is 19.0 Å². The zero-order valence-electron chi connectivity index (χ0n) is 21.3. The lowest BCUT2D eigenvalue weighted by Gasteiger charge is -2.29. The van der Waals surface area contributed by atoms with Crippen molar-refractivity contribution in [3.8, 4) is 0 Å². The van der Waals surface area contributed by atoms with Crippen molar-refractivity contribution in [2.45, 2.75) is 45.8 Å². The minimum atomic E-state index is -0.438. The van der Waals surface area contributed by atoms with Gasteiger partial charge in [-0.25, -0.2) is 4.39 Å². The van der Waals surface area contributed by atoms with Crippen LogP contribution in [0.25, 0.3) is 10.9 Å². The van der Waals surface area contributed by atoms with Crippen LogP contribution in [0.15, 0.2) is 35.3 Å². The first-order valence-electron chi connectivity index (χ1n) is 12.4. The van der Waals surface area contributed by atoms with E-state index in [4.69, 9.17) is 21.1 Å². The molecule has 1 saturated heterocycles. The van der Waals surface area contributed by atoms with Crippen molar-refractivity contribution in [2.75, 3.05) is 44.9 Å². The topological polar surface area (TPSA) is 63.9 Å². The molecule has 1 unspecified atom stereocenters. The highest BCUT2D eigenvalue weighted by Crippen LogP contribution is 2.31. The van der Waals surface area contributed by atoms with Crippen molar-refractivity contribution in [1.29, 1.82) is 0 Å². The summed E-state index contributed by atoms with van der Waals surface area (Å²) in [4.78, 5) is 15.3. The number of fused-ring (bicyclic) bond motifs is 1. The van der Waals surface area contributed by atoms with Crippen molar-refractivity contribution in [3.63, 3.8) is 0 Å². The lowest BCUT2D eigenvalue weighted by molar-refractivity contribution is 0.0460. The minimum absolute atomic E-state index is 0.0764. The molecule has 1 aromatic heterocycles. The molecule has 0 aliphatic carbocycles. The molecule has 2 heterocycles. The third kappa shape index (κ3) is 5.16. The van der Waals surface area contributed by atoms with Gasteiger partial charge in [0, 0.05) is 49.5 Å². The molecule has 1 aliphatic rings. The Bertz CT molecular complexity index is 1300. The number of hydrogen-bond donors (Lipinski definition) is 1. The van der Waals surface area contributed by atoms with Gasteiger partial charge in [-0.05, 0) is 61.2 Å². The Kier molecular flexibility index (Phi) is 8.35. The van der Waals surface area contributed by atoms with Gasteiger partial charge in [0.2, 0.25) is 0 Å². The van der Waals surface area contributed by atoms with Crippen LogP contribution in [-0.4, -0.2) is 55.8 Å². The molecule has 0 spiro atoms. The van der Waals surface area contributed by atoms with E-state index in [1.807, 2.05) is 36.6 Å². The number of nitrogens with zero attached hydrogens (tertiary/aromatic N) is 2. The van der Waals surface area contributed by atoms with E-state index in [9.17, 15) is 9.90 Å². The van der Waals surface area contributed by atoms with Gasteiger partial charge in [-0.2, -0.15) is 0 Å². The van der Waals surface area contributed by atoms with Gasteiger partial charge in [-0.15, -0.1) is 0 Å². The van der Waals surface area contributed by atoms with Crippen LogP contribution < -0.4 is 10.3 Å². The van der Waals surface area contributed by atoms with E-state index in [1.165, 1.54) is 0 Å². The van der Waals surface area contributed by atoms with Crippen LogP contribution in [0.3, 0.4) is 0 Å². The molecule has 2 atom stereocenters. The van der Waals surface area contributed by atoms with Gasteiger partial charge in [0.15, 0.2) is 5.43 Å². The summed E-state index contributed by atoms with van der Waals surface area (Å²) < 4.78 is 28.1. The number of halogens is 2. The highest BCUT2D eigenvalue weighted by molar-refractivity contribution is 6.31. The van der Waals surface area contributed by atoms with Crippen molar-refractivity contribution in [2.24, 2.45) is 0 Å². The van der Waals surface area contributed by atoms with Crippen LogP contribution in [0.4, 0.5) is 10.1 Å². The summed E-state index contributed by atoms with van der Waals surface area (Å²) in [7, 11) is 1.60. The van der Waals surface area contributed by atoms with E-state index in [1.54, 1.807) is 26.3 Å². The number of rotatable bonds is 8. The number of morpholine rings is 1. The van der Waals surface area contributed by atoms with Crippen molar-refractivity contribution >= 4 is 28.2 Å². The Morgan fingerprint density at radius 2 is 1.89 bits per heavy atom. The predicted octanol–water partition coefficient (Wildman–Crippen LogP) is 4.66. The lowest BCUT2D eigenvalue weighted by Crippen LogP contribution is -2.36. The molecule has 3 aromatic rings. The maximum atomic E-state index is 15.2. The Labute approximate surface area is 216 Å². The maximum Gasteiger partial charge on any atom is 0.192 e. The Morgan fingerprint density at radius 1 is 1.17 bits per heavy atom. The standard InChI is InChI=1S/C28H34ClFN2O4/c1-5-19-13-25-23(28(34)17(2)15-32(25)26(16-33)18(3)35-4)12-20(19)10-21-11-22(14-24(29)27(21)30)31-6-8-36-9-7-31/h11-15,18,26,33H,5-10,16H2,1-4H3/t18?,26-/m1/s1. The molecule has 6 nitrogen and oxygen atoms in total. The first-order valence-corrected chi connectivity index (χ1v) is 12.8. The molecule has 1 aliphatic heterocycles. The number of methoxy groups -OCH3 is 1. The third-order valence-corrected chi connectivity index (χ3v) is 7.49. The molecule has 36 heavy (non-hydrogen) atoms. The average molecular weight is 517 g/mol. The summed E-state index contributed by atoms with van der Waals surface area (Å²) in [5, 5.41) is 10.8. The second kappa shape index (κ2) is 11.3. The Hall–Kier alpha value is -2.45. The summed E-state index contributed by atoms with van der Waals surface area (Å²) in [6, 6.07) is 7.03. The van der Waals surface area contributed by atoms with Crippen LogP contribution in [0.5, 0.6) is 0 Å². The second-order valence-corrected chi connectivity index (χ2v) is 9.81. The zero-order chi connectivity index (χ0) is 26.0. The van der Waals surface area contributed by atoms with E-state index in [2.05, 4.69) is 4.90 Å². The fourth-order valence-corrected chi connectivity index (χ4v) is 5.21. The van der Waals surface area contributed by atoms with E-state index >= 15 is 4.39 Å². The number of aromatic nitrogens is 1. The summed E-state index contributed by atoms with van der Waals surface area (Å²) in [6.07, 6.45) is 2.54. The van der Waals surface area contributed by atoms with Crippen LogP contribution in [-0.2, 0) is 22.3 Å². The Balaban J connectivity index is 1.84. The Morgan fingerprint density at radius 3 is 2.53 bits per heavy atom. The molecule has 8 heteroatoms. The molecular weight excluding hydrogens is 483 g/mol. The number of anilines is 1. The molecule has 1 N–H and O–H groups in total. The quantitative estimate of drug-likeness (QED) is 0.472. The molecule has 1 fully saturated rings. The number of aliphatic hydroxyl groups is 1. The first-order chi connectivity index (χ1) is 17.3. The van der Waals surface area contributed by atoms with Crippen molar-refractivity contribution in [3.05, 3.63) is 73.8 Å². The highest BCUT2D eigenvalue weighted by atomic mass is 35.5. The van der Waals surface area contributed by atoms with Gasteiger partial charge in [0.05, 0.1) is 42.5 Å². The fraction of sp³-hybridized carbons (Fsp3) is 0.464. The summed E-state index contributed by atoms with van der Waals surface area (Å²) in [5.74, 6) is -0.438. The summed E-state index contributed by atoms with van der Waals surface area (Å²) in [6.45, 7) is 8.26. The van der Waals surface area contributed by atoms with Crippen LogP contribution in [0.1, 0.15) is 42.1 Å². The fourth-order valence-electron chi connectivity index (χ4n) is 4.98. The molecular formula is C28H34ClFN2O4. The van der Waals surface area contributed by atoms with Crippen LogP contribution >= 0.6 is 11.6 Å². The summed E-state index contributed by atoms with van der Waals surface area (Å²) >= 11 is 6.31. The smallest absolute Gasteiger partial charge is 0.192 e. The predicted molar refractivity (Wildman–Crippen MR) is 142 cm³/mol. The minimum Gasteiger partial charge on any atom is -0.394 e. The van der Waals surface area contributed by atoms with Gasteiger partial charge in [0.1, 0.15) is 5.82 Å². The number of hydrogen-bond acceptors (Lipinski definition) is 5. The zero-order valence-corrected chi connectivity index (χ0v) is 22.1. The summed E-state index contributed by atoms with van der Waals surface area (Å²) in [5.41, 5.74) is 4.48. The molecule has 2 aromatic carbocycles. The number of ether oxygens (including phenoxy) is 2. The number of benzene rings is 2. The van der Waals surface area contributed by atoms with E-state index in [0.29, 0.717) is 42.6 Å². The molecule has 194 valence electrons. The van der Waals surface area contributed by atoms with Crippen molar-refractivity contribution in [1.82, 2.24) is 4.57 Å². The van der Waals surface area contributed by atoms with Crippen LogP contribution in [0.2, 0.25) is 5.02 Å². The number of aliphatic hydroxyl groups excluding tert-OH is 1. The third-order valence-electron chi connectivity index (χ3n) is 7.22.